The molecule has 0 aliphatic heterocycles. The predicted molar refractivity (Wildman–Crippen MR) is 136 cm³/mol. The first kappa shape index (κ1) is 26.4. The molecule has 0 saturated carbocycles. The number of aliphatic hydroxyl groups excluding tert-OH is 1. The number of fused-ring (bicyclic) bond motifs is 1. The lowest BCUT2D eigenvalue weighted by Gasteiger charge is -2.24. The van der Waals surface area contributed by atoms with Gasteiger partial charge in [0.1, 0.15) is 12.2 Å². The minimum atomic E-state index is -0.542. The zero-order valence-corrected chi connectivity index (χ0v) is 20.8. The number of aromatic nitrogens is 1. The van der Waals surface area contributed by atoms with Gasteiger partial charge < -0.3 is 24.1 Å². The van der Waals surface area contributed by atoms with Gasteiger partial charge in [-0.1, -0.05) is 18.2 Å². The number of hydrogen-bond donors (Lipinski definition) is 1. The smallest absolute Gasteiger partial charge is 0.414 e. The first-order chi connectivity index (χ1) is 16.8. The van der Waals surface area contributed by atoms with E-state index >= 15 is 0 Å². The lowest BCUT2D eigenvalue weighted by Crippen LogP contribution is -2.34. The van der Waals surface area contributed by atoms with E-state index in [0.29, 0.717) is 38.9 Å². The Kier molecular flexibility index (Phi) is 9.42. The van der Waals surface area contributed by atoms with Crippen LogP contribution >= 0.6 is 0 Å². The van der Waals surface area contributed by atoms with E-state index in [1.807, 2.05) is 69.3 Å². The lowest BCUT2D eigenvalue weighted by atomic mass is 10.0. The molecule has 8 heteroatoms. The number of anilines is 1. The third kappa shape index (κ3) is 8.20. The van der Waals surface area contributed by atoms with Crippen LogP contribution < -0.4 is 9.64 Å². The predicted octanol–water partition coefficient (Wildman–Crippen LogP) is 4.68. The largest absolute Gasteiger partial charge is 0.475 e. The molecule has 0 aliphatic rings. The van der Waals surface area contributed by atoms with Crippen molar-refractivity contribution in [1.82, 2.24) is 4.98 Å². The Morgan fingerprint density at radius 1 is 0.886 bits per heavy atom. The summed E-state index contributed by atoms with van der Waals surface area (Å²) in [5.41, 5.74) is 3.14. The summed E-state index contributed by atoms with van der Waals surface area (Å²) in [5.74, 6) is 0.542. The van der Waals surface area contributed by atoms with Crippen molar-refractivity contribution in [2.24, 2.45) is 0 Å². The van der Waals surface area contributed by atoms with Crippen LogP contribution in [0.1, 0.15) is 20.8 Å². The Bertz CT molecular complexity index is 1100. The molecule has 0 spiro atoms. The first-order valence-electron chi connectivity index (χ1n) is 11.6. The van der Waals surface area contributed by atoms with Gasteiger partial charge >= 0.3 is 6.09 Å². The molecule has 1 heterocycles. The van der Waals surface area contributed by atoms with Crippen LogP contribution in [0.3, 0.4) is 0 Å². The van der Waals surface area contributed by atoms with Gasteiger partial charge in [0.15, 0.2) is 0 Å². The lowest BCUT2D eigenvalue weighted by molar-refractivity contribution is 0.0243. The van der Waals surface area contributed by atoms with E-state index in [1.54, 1.807) is 7.05 Å². The van der Waals surface area contributed by atoms with Crippen LogP contribution in [0, 0.1) is 0 Å². The van der Waals surface area contributed by atoms with Crippen LogP contribution in [0.25, 0.3) is 22.0 Å². The summed E-state index contributed by atoms with van der Waals surface area (Å²) < 4.78 is 21.7. The summed E-state index contributed by atoms with van der Waals surface area (Å²) in [6.07, 6.45) is -0.390. The van der Waals surface area contributed by atoms with Crippen molar-refractivity contribution in [3.05, 3.63) is 54.6 Å². The standard InChI is InChI=1S/C27H34N2O6/c1-27(2,3)35-26(31)29(4)23-9-5-20(6-10-23)21-7-11-24-22(19-21)8-12-25(28-24)34-18-17-33-16-15-32-14-13-30/h5-12,19,30H,13-18H2,1-4H3. The average molecular weight is 483 g/mol. The highest BCUT2D eigenvalue weighted by atomic mass is 16.6. The third-order valence-electron chi connectivity index (χ3n) is 5.00. The minimum Gasteiger partial charge on any atom is -0.475 e. The van der Waals surface area contributed by atoms with E-state index in [1.165, 1.54) is 4.90 Å². The van der Waals surface area contributed by atoms with Crippen LogP contribution in [0.5, 0.6) is 5.88 Å². The Morgan fingerprint density at radius 2 is 1.54 bits per heavy atom. The van der Waals surface area contributed by atoms with Crippen molar-refractivity contribution in [3.8, 4) is 17.0 Å². The maximum absolute atomic E-state index is 12.3. The van der Waals surface area contributed by atoms with E-state index in [9.17, 15) is 4.79 Å². The van der Waals surface area contributed by atoms with Gasteiger partial charge in [-0.2, -0.15) is 0 Å². The maximum atomic E-state index is 12.3. The SMILES string of the molecule is CN(C(=O)OC(C)(C)C)c1ccc(-c2ccc3nc(OCCOCCOCCO)ccc3c2)cc1. The van der Waals surface area contributed by atoms with E-state index in [2.05, 4.69) is 11.1 Å². The summed E-state index contributed by atoms with van der Waals surface area (Å²) in [6.45, 7) is 7.59. The molecule has 0 bridgehead atoms. The molecule has 0 aliphatic carbocycles. The molecule has 1 N–H and O–H groups in total. The Labute approximate surface area is 206 Å². The number of pyridine rings is 1. The second-order valence-electron chi connectivity index (χ2n) is 8.94. The summed E-state index contributed by atoms with van der Waals surface area (Å²) in [4.78, 5) is 18.4. The van der Waals surface area contributed by atoms with Crippen LogP contribution in [0.2, 0.25) is 0 Å². The van der Waals surface area contributed by atoms with Crippen molar-refractivity contribution >= 4 is 22.7 Å². The highest BCUT2D eigenvalue weighted by Gasteiger charge is 2.20. The van der Waals surface area contributed by atoms with Crippen LogP contribution in [-0.4, -0.2) is 68.5 Å². The highest BCUT2D eigenvalue weighted by Crippen LogP contribution is 2.27. The monoisotopic (exact) mass is 482 g/mol. The van der Waals surface area contributed by atoms with Crippen molar-refractivity contribution in [2.75, 3.05) is 51.6 Å². The molecule has 8 nitrogen and oxygen atoms in total. The molecule has 1 amide bonds. The number of hydrogen-bond acceptors (Lipinski definition) is 7. The zero-order chi connectivity index (χ0) is 25.3. The molecule has 2 aromatic carbocycles. The molecule has 0 fully saturated rings. The van der Waals surface area contributed by atoms with Crippen molar-refractivity contribution < 1.29 is 28.8 Å². The molecule has 0 atom stereocenters. The second kappa shape index (κ2) is 12.5. The van der Waals surface area contributed by atoms with Gasteiger partial charge in [-0.15, -0.1) is 0 Å². The van der Waals surface area contributed by atoms with Gasteiger partial charge in [-0.3, -0.25) is 4.90 Å². The van der Waals surface area contributed by atoms with Crippen molar-refractivity contribution in [1.29, 1.82) is 0 Å². The number of nitrogens with zero attached hydrogens (tertiary/aromatic N) is 2. The minimum absolute atomic E-state index is 0.0119. The fourth-order valence-corrected chi connectivity index (χ4v) is 3.27. The maximum Gasteiger partial charge on any atom is 0.414 e. The first-order valence-corrected chi connectivity index (χ1v) is 11.6. The number of aliphatic hydroxyl groups is 1. The molecule has 35 heavy (non-hydrogen) atoms. The quantitative estimate of drug-likeness (QED) is 0.397. The topological polar surface area (TPSA) is 90.4 Å². The fraction of sp³-hybridized carbons (Fsp3) is 0.407. The van der Waals surface area contributed by atoms with Gasteiger partial charge in [0.2, 0.25) is 5.88 Å². The third-order valence-corrected chi connectivity index (χ3v) is 5.00. The average Bonchev–Trinajstić information content (AvgIpc) is 2.84. The molecular formula is C27H34N2O6. The summed E-state index contributed by atoms with van der Waals surface area (Å²) in [6, 6.07) is 17.7. The molecule has 188 valence electrons. The molecule has 0 unspecified atom stereocenters. The summed E-state index contributed by atoms with van der Waals surface area (Å²) in [5, 5.41) is 9.65. The summed E-state index contributed by atoms with van der Waals surface area (Å²) >= 11 is 0. The molecule has 0 saturated heterocycles. The fourth-order valence-electron chi connectivity index (χ4n) is 3.27. The number of rotatable bonds is 11. The number of amides is 1. The van der Waals surface area contributed by atoms with Gasteiger partial charge in [-0.25, -0.2) is 9.78 Å². The molecular weight excluding hydrogens is 448 g/mol. The Balaban J connectivity index is 1.57. The van der Waals surface area contributed by atoms with Gasteiger partial charge in [0.05, 0.1) is 38.6 Å². The molecule has 1 aromatic heterocycles. The van der Waals surface area contributed by atoms with Crippen LogP contribution in [0.4, 0.5) is 10.5 Å². The number of ether oxygens (including phenoxy) is 4. The van der Waals surface area contributed by atoms with Gasteiger partial charge in [0, 0.05) is 24.2 Å². The Morgan fingerprint density at radius 3 is 2.23 bits per heavy atom. The molecule has 3 aromatic rings. The molecule has 0 radical (unpaired) electrons. The summed E-state index contributed by atoms with van der Waals surface area (Å²) in [7, 11) is 1.70. The second-order valence-corrected chi connectivity index (χ2v) is 8.94. The van der Waals surface area contributed by atoms with Crippen LogP contribution in [-0.2, 0) is 14.2 Å². The normalized spacial score (nSPS) is 11.5. The van der Waals surface area contributed by atoms with E-state index in [-0.39, 0.29) is 6.61 Å². The van der Waals surface area contributed by atoms with Gasteiger partial charge in [0.25, 0.3) is 0 Å². The zero-order valence-electron chi connectivity index (χ0n) is 20.8. The van der Waals surface area contributed by atoms with E-state index in [0.717, 1.165) is 27.7 Å². The van der Waals surface area contributed by atoms with E-state index in [4.69, 9.17) is 24.1 Å². The highest BCUT2D eigenvalue weighted by molar-refractivity contribution is 5.88. The molecule has 3 rings (SSSR count). The Hall–Kier alpha value is -3.20. The number of benzene rings is 2. The van der Waals surface area contributed by atoms with Crippen molar-refractivity contribution in [3.63, 3.8) is 0 Å². The number of carbonyl (C=O) groups is 1. The van der Waals surface area contributed by atoms with Crippen molar-refractivity contribution in [2.45, 2.75) is 26.4 Å². The van der Waals surface area contributed by atoms with Crippen LogP contribution in [0.15, 0.2) is 54.6 Å². The number of carbonyl (C=O) groups excluding carboxylic acids is 1. The van der Waals surface area contributed by atoms with Gasteiger partial charge in [-0.05, 0) is 62.2 Å². The van der Waals surface area contributed by atoms with E-state index < -0.39 is 11.7 Å².